The van der Waals surface area contributed by atoms with Crippen LogP contribution in [0.2, 0.25) is 0 Å². The van der Waals surface area contributed by atoms with Gasteiger partial charge in [-0.3, -0.25) is 4.31 Å². The van der Waals surface area contributed by atoms with Crippen molar-refractivity contribution in [3.63, 3.8) is 0 Å². The lowest BCUT2D eigenvalue weighted by Gasteiger charge is -2.30. The van der Waals surface area contributed by atoms with E-state index >= 15 is 0 Å². The Kier molecular flexibility index (Phi) is 7.12. The van der Waals surface area contributed by atoms with Gasteiger partial charge in [0, 0.05) is 11.4 Å². The highest BCUT2D eigenvalue weighted by molar-refractivity contribution is 7.94. The lowest BCUT2D eigenvalue weighted by atomic mass is 10.1. The lowest BCUT2D eigenvalue weighted by molar-refractivity contribution is 0.171. The number of hydrogen-bond donors (Lipinski definition) is 1. The van der Waals surface area contributed by atoms with Gasteiger partial charge in [-0.05, 0) is 43.2 Å². The van der Waals surface area contributed by atoms with Crippen LogP contribution in [0, 0.1) is 0 Å². The second-order valence-corrected chi connectivity index (χ2v) is 9.82. The zero-order chi connectivity index (χ0) is 21.6. The quantitative estimate of drug-likeness (QED) is 0.551. The lowest BCUT2D eigenvalue weighted by Crippen LogP contribution is -2.33. The molecule has 8 heteroatoms. The normalized spacial score (nSPS) is 12.2. The smallest absolute Gasteiger partial charge is 0.406 e. The number of rotatable bonds is 8. The molecule has 1 amide bonds. The van der Waals surface area contributed by atoms with Crippen molar-refractivity contribution in [2.75, 3.05) is 18.0 Å². The number of sulfonamides is 1. The van der Waals surface area contributed by atoms with Gasteiger partial charge in [0.05, 0.1) is 18.8 Å². The largest absolute Gasteiger partial charge is 0.453 e. The molecule has 0 saturated carbocycles. The molecule has 3 aromatic rings. The molecule has 0 aliphatic rings. The van der Waals surface area contributed by atoms with E-state index in [9.17, 15) is 13.2 Å². The first-order valence-electron chi connectivity index (χ1n) is 9.48. The number of thiophene rings is 1. The Balaban J connectivity index is 1.90. The van der Waals surface area contributed by atoms with E-state index < -0.39 is 16.1 Å². The zero-order valence-electron chi connectivity index (χ0n) is 16.8. The predicted octanol–water partition coefficient (Wildman–Crippen LogP) is 4.60. The van der Waals surface area contributed by atoms with Crippen LogP contribution in [0.15, 0.2) is 77.0 Å². The van der Waals surface area contributed by atoms with Crippen molar-refractivity contribution in [1.82, 2.24) is 5.32 Å². The van der Waals surface area contributed by atoms with Crippen molar-refractivity contribution in [2.24, 2.45) is 0 Å². The van der Waals surface area contributed by atoms with Crippen LogP contribution in [0.25, 0.3) is 0 Å². The van der Waals surface area contributed by atoms with E-state index in [0.717, 1.165) is 10.4 Å². The molecule has 2 aromatic carbocycles. The number of carbonyl (C=O) groups is 1. The Morgan fingerprint density at radius 2 is 1.67 bits per heavy atom. The van der Waals surface area contributed by atoms with E-state index in [0.29, 0.717) is 18.7 Å². The Labute approximate surface area is 181 Å². The summed E-state index contributed by atoms with van der Waals surface area (Å²) in [6, 6.07) is 21.7. The molecular weight excluding hydrogens is 420 g/mol. The van der Waals surface area contributed by atoms with E-state index in [1.165, 1.54) is 22.8 Å². The fraction of sp³-hybridized carbons (Fsp3) is 0.227. The molecule has 0 saturated heterocycles. The minimum absolute atomic E-state index is 0.266. The van der Waals surface area contributed by atoms with Crippen molar-refractivity contribution in [3.8, 4) is 0 Å². The van der Waals surface area contributed by atoms with E-state index in [1.807, 2.05) is 55.5 Å². The Hall–Kier alpha value is -2.84. The van der Waals surface area contributed by atoms with Gasteiger partial charge in [-0.2, -0.15) is 0 Å². The monoisotopic (exact) mass is 444 g/mol. The Morgan fingerprint density at radius 3 is 2.30 bits per heavy atom. The summed E-state index contributed by atoms with van der Waals surface area (Å²) in [5.74, 6) is 0. The topological polar surface area (TPSA) is 75.7 Å². The molecule has 30 heavy (non-hydrogen) atoms. The van der Waals surface area contributed by atoms with E-state index in [4.69, 9.17) is 0 Å². The first-order valence-corrected chi connectivity index (χ1v) is 11.7. The third-order valence-electron chi connectivity index (χ3n) is 4.62. The average Bonchev–Trinajstić information content (AvgIpc) is 3.25. The summed E-state index contributed by atoms with van der Waals surface area (Å²) < 4.78 is 33.5. The summed E-state index contributed by atoms with van der Waals surface area (Å²) >= 11 is 1.21. The van der Waals surface area contributed by atoms with E-state index in [-0.39, 0.29) is 10.3 Å². The highest BCUT2D eigenvalue weighted by Gasteiger charge is 2.31. The summed E-state index contributed by atoms with van der Waals surface area (Å²) in [5, 5.41) is 2.60. The van der Waals surface area contributed by atoms with Gasteiger partial charge in [-0.25, -0.2) is 13.2 Å². The number of para-hydroxylation sites is 1. The molecule has 3 rings (SSSR count). The van der Waals surface area contributed by atoms with Crippen LogP contribution in [0.1, 0.15) is 23.4 Å². The SMILES string of the molecule is COC(=O)NCCc1ccc(S(=O)(=O)N(c2ccccc2)[C@H](C)c2ccccc2)s1. The third kappa shape index (κ3) is 5.01. The van der Waals surface area contributed by atoms with Crippen molar-refractivity contribution in [1.29, 1.82) is 0 Å². The number of ether oxygens (including phenoxy) is 1. The fourth-order valence-electron chi connectivity index (χ4n) is 3.10. The van der Waals surface area contributed by atoms with Crippen LogP contribution in [-0.2, 0) is 21.2 Å². The van der Waals surface area contributed by atoms with Gasteiger partial charge in [0.25, 0.3) is 10.0 Å². The number of anilines is 1. The molecule has 0 aliphatic carbocycles. The van der Waals surface area contributed by atoms with Crippen molar-refractivity contribution < 1.29 is 17.9 Å². The van der Waals surface area contributed by atoms with Gasteiger partial charge in [-0.15, -0.1) is 11.3 Å². The molecule has 6 nitrogen and oxygen atoms in total. The number of methoxy groups -OCH3 is 1. The summed E-state index contributed by atoms with van der Waals surface area (Å²) in [7, 11) is -2.48. The van der Waals surface area contributed by atoms with Crippen molar-refractivity contribution >= 4 is 33.1 Å². The molecule has 0 unspecified atom stereocenters. The average molecular weight is 445 g/mol. The van der Waals surface area contributed by atoms with Gasteiger partial charge in [0.15, 0.2) is 0 Å². The van der Waals surface area contributed by atoms with Gasteiger partial charge < -0.3 is 10.1 Å². The summed E-state index contributed by atoms with van der Waals surface area (Å²) in [5.41, 5.74) is 1.51. The highest BCUT2D eigenvalue weighted by atomic mass is 32.2. The number of benzene rings is 2. The van der Waals surface area contributed by atoms with Gasteiger partial charge in [0.1, 0.15) is 4.21 Å². The maximum absolute atomic E-state index is 13.6. The zero-order valence-corrected chi connectivity index (χ0v) is 18.4. The molecule has 158 valence electrons. The number of carbonyl (C=O) groups excluding carboxylic acids is 1. The first-order chi connectivity index (χ1) is 14.4. The maximum atomic E-state index is 13.6. The third-order valence-corrected chi connectivity index (χ3v) is 8.13. The molecule has 1 N–H and O–H groups in total. The van der Waals surface area contributed by atoms with Crippen molar-refractivity contribution in [2.45, 2.75) is 23.6 Å². The predicted molar refractivity (Wildman–Crippen MR) is 119 cm³/mol. The molecular formula is C22H24N2O4S2. The molecule has 0 aliphatic heterocycles. The van der Waals surface area contributed by atoms with Gasteiger partial charge in [0.2, 0.25) is 0 Å². The van der Waals surface area contributed by atoms with Gasteiger partial charge >= 0.3 is 6.09 Å². The number of nitrogens with zero attached hydrogens (tertiary/aromatic N) is 1. The van der Waals surface area contributed by atoms with E-state index in [1.54, 1.807) is 24.3 Å². The van der Waals surface area contributed by atoms with Crippen LogP contribution >= 0.6 is 11.3 Å². The number of alkyl carbamates (subject to hydrolysis) is 1. The molecule has 1 aromatic heterocycles. The van der Waals surface area contributed by atoms with Crippen LogP contribution in [0.5, 0.6) is 0 Å². The van der Waals surface area contributed by atoms with Crippen LogP contribution in [-0.4, -0.2) is 28.2 Å². The molecule has 0 fully saturated rings. The molecule has 0 spiro atoms. The molecule has 1 atom stereocenters. The summed E-state index contributed by atoms with van der Waals surface area (Å²) in [6.07, 6.45) is 0.0147. The Morgan fingerprint density at radius 1 is 1.03 bits per heavy atom. The second kappa shape index (κ2) is 9.77. The summed E-state index contributed by atoms with van der Waals surface area (Å²) in [6.45, 7) is 2.25. The molecule has 1 heterocycles. The molecule has 0 bridgehead atoms. The number of hydrogen-bond acceptors (Lipinski definition) is 5. The molecule has 0 radical (unpaired) electrons. The van der Waals surface area contributed by atoms with Crippen LogP contribution in [0.3, 0.4) is 0 Å². The first kappa shape index (κ1) is 21.9. The minimum atomic E-state index is -3.79. The maximum Gasteiger partial charge on any atom is 0.406 e. The van der Waals surface area contributed by atoms with Crippen LogP contribution in [0.4, 0.5) is 10.5 Å². The minimum Gasteiger partial charge on any atom is -0.453 e. The second-order valence-electron chi connectivity index (χ2n) is 6.61. The van der Waals surface area contributed by atoms with Crippen LogP contribution < -0.4 is 9.62 Å². The highest BCUT2D eigenvalue weighted by Crippen LogP contribution is 2.35. The Bertz CT molecular complexity index is 1070. The standard InChI is InChI=1S/C22H24N2O4S2/c1-17(18-9-5-3-6-10-18)24(19-11-7-4-8-12-19)30(26,27)21-14-13-20(29-21)15-16-23-22(25)28-2/h3-14,17H,15-16H2,1-2H3,(H,23,25)/t17-/m1/s1. The summed E-state index contributed by atoms with van der Waals surface area (Å²) in [4.78, 5) is 12.1. The van der Waals surface area contributed by atoms with Crippen molar-refractivity contribution in [3.05, 3.63) is 83.2 Å². The number of amides is 1. The number of nitrogens with one attached hydrogen (secondary N) is 1. The van der Waals surface area contributed by atoms with Gasteiger partial charge in [-0.1, -0.05) is 48.5 Å². The fourth-order valence-corrected chi connectivity index (χ4v) is 6.19. The van der Waals surface area contributed by atoms with E-state index in [2.05, 4.69) is 10.1 Å².